The first kappa shape index (κ1) is 16.8. The monoisotopic (exact) mass is 326 g/mol. The molecule has 0 heterocycles. The third-order valence-corrected chi connectivity index (χ3v) is 12.5. The summed E-state index contributed by atoms with van der Waals surface area (Å²) in [6.07, 6.45) is 5.69. The van der Waals surface area contributed by atoms with E-state index in [0.29, 0.717) is 0 Å². The molecule has 0 amide bonds. The van der Waals surface area contributed by atoms with Crippen LogP contribution in [0.1, 0.15) is 39.5 Å². The quantitative estimate of drug-likeness (QED) is 0.499. The summed E-state index contributed by atoms with van der Waals surface area (Å²) >= 11 is -1.72. The molecule has 0 N–H and O–H groups in total. The molecule has 0 aromatic rings. The van der Waals surface area contributed by atoms with Gasteiger partial charge in [-0.3, -0.25) is 0 Å². The zero-order chi connectivity index (χ0) is 15.1. The predicted octanol–water partition coefficient (Wildman–Crippen LogP) is 6.79. The van der Waals surface area contributed by atoms with Crippen LogP contribution in [0.25, 0.3) is 0 Å². The molecule has 0 saturated carbocycles. The molecule has 114 valence electrons. The van der Waals surface area contributed by atoms with E-state index in [-0.39, 0.29) is 0 Å². The predicted molar refractivity (Wildman–Crippen MR) is 92.0 cm³/mol. The van der Waals surface area contributed by atoms with Gasteiger partial charge in [-0.15, -0.1) is 0 Å². The summed E-state index contributed by atoms with van der Waals surface area (Å²) in [4.78, 5) is 0. The molecular formula is C18H34SiTi. The number of allylic oxidation sites excluding steroid dienone is 4. The van der Waals surface area contributed by atoms with Crippen LogP contribution < -0.4 is 0 Å². The van der Waals surface area contributed by atoms with Gasteiger partial charge in [0.2, 0.25) is 0 Å². The molecule has 0 aliphatic heterocycles. The zero-order valence-electron chi connectivity index (χ0n) is 14.8. The van der Waals surface area contributed by atoms with E-state index in [4.69, 9.17) is 0 Å². The Labute approximate surface area is 131 Å². The summed E-state index contributed by atoms with van der Waals surface area (Å²) in [7, 11) is -0.997. The van der Waals surface area contributed by atoms with Crippen molar-refractivity contribution in [2.45, 2.75) is 80.4 Å². The second-order valence-corrected chi connectivity index (χ2v) is 22.0. The van der Waals surface area contributed by atoms with E-state index in [1.807, 2.05) is 20.6 Å². The third kappa shape index (κ3) is 3.25. The standard InChI is InChI=1S/C15H25Si.3CH3.Ti/c1-5-16(3,4)11-15-12(2)10-13-8-6-7-9-14(13)15;;;;/h15H,5-9,11H2,1-4H3;3*1H3;. The molecule has 0 aromatic carbocycles. The number of hydrogen-bond donors (Lipinski definition) is 0. The van der Waals surface area contributed by atoms with Gasteiger partial charge < -0.3 is 0 Å². The van der Waals surface area contributed by atoms with Crippen molar-refractivity contribution in [2.75, 3.05) is 0 Å². The molecule has 2 aliphatic carbocycles. The fourth-order valence-corrected chi connectivity index (χ4v) is 10.2. The maximum absolute atomic E-state index is 2.60. The Bertz CT molecular complexity index is 449. The molecule has 0 nitrogen and oxygen atoms in total. The Morgan fingerprint density at radius 2 is 1.70 bits per heavy atom. The van der Waals surface area contributed by atoms with Crippen molar-refractivity contribution < 1.29 is 16.6 Å². The minimum absolute atomic E-state index is 0.853. The molecule has 0 aromatic heterocycles. The van der Waals surface area contributed by atoms with E-state index in [2.05, 4.69) is 42.6 Å². The zero-order valence-corrected chi connectivity index (χ0v) is 17.4. The van der Waals surface area contributed by atoms with Crippen LogP contribution in [-0.2, 0) is 16.6 Å². The van der Waals surface area contributed by atoms with Crippen LogP contribution in [0, 0.1) is 5.92 Å². The van der Waals surface area contributed by atoms with Crippen molar-refractivity contribution in [3.8, 4) is 0 Å². The van der Waals surface area contributed by atoms with Gasteiger partial charge >= 0.3 is 132 Å². The molecule has 0 spiro atoms. The van der Waals surface area contributed by atoms with E-state index in [9.17, 15) is 0 Å². The van der Waals surface area contributed by atoms with Gasteiger partial charge in [0, 0.05) is 0 Å². The Hall–Kier alpha value is 0.411. The average molecular weight is 326 g/mol. The Balaban J connectivity index is 2.41. The average Bonchev–Trinajstić information content (AvgIpc) is 2.62. The maximum atomic E-state index is 2.60. The van der Waals surface area contributed by atoms with Crippen LogP contribution in [0.4, 0.5) is 0 Å². The molecule has 0 saturated heterocycles. The summed E-state index contributed by atoms with van der Waals surface area (Å²) in [5, 5.41) is 7.80. The van der Waals surface area contributed by atoms with E-state index in [0.717, 1.165) is 5.92 Å². The fourth-order valence-electron chi connectivity index (χ4n) is 4.29. The van der Waals surface area contributed by atoms with Gasteiger partial charge in [-0.2, -0.15) is 0 Å². The van der Waals surface area contributed by atoms with Crippen LogP contribution in [0.3, 0.4) is 0 Å². The molecule has 20 heavy (non-hydrogen) atoms. The molecular weight excluding hydrogens is 292 g/mol. The Kier molecular flexibility index (Phi) is 4.94. The Morgan fingerprint density at radius 1 is 1.10 bits per heavy atom. The minimum atomic E-state index is -1.72. The molecule has 2 rings (SSSR count). The first-order chi connectivity index (χ1) is 9.17. The topological polar surface area (TPSA) is 0 Å². The summed E-state index contributed by atoms with van der Waals surface area (Å²) in [5.41, 5.74) is 5.59. The van der Waals surface area contributed by atoms with Gasteiger partial charge in [0.25, 0.3) is 0 Å². The fraction of sp³-hybridized carbons (Fsp3) is 0.778. The molecule has 0 bridgehead atoms. The van der Waals surface area contributed by atoms with Gasteiger partial charge in [0.05, 0.1) is 0 Å². The van der Waals surface area contributed by atoms with Crippen molar-refractivity contribution in [2.24, 2.45) is 5.92 Å². The Morgan fingerprint density at radius 3 is 2.25 bits per heavy atom. The second kappa shape index (κ2) is 5.89. The molecule has 2 heteroatoms. The van der Waals surface area contributed by atoms with Crippen molar-refractivity contribution in [3.63, 3.8) is 0 Å². The van der Waals surface area contributed by atoms with E-state index >= 15 is 0 Å². The van der Waals surface area contributed by atoms with Crippen molar-refractivity contribution in [1.82, 2.24) is 0 Å². The van der Waals surface area contributed by atoms with Crippen molar-refractivity contribution in [1.29, 1.82) is 0 Å². The summed E-state index contributed by atoms with van der Waals surface area (Å²) in [6.45, 7) is 10.1. The molecule has 0 fully saturated rings. The van der Waals surface area contributed by atoms with Crippen LogP contribution in [0.2, 0.25) is 40.9 Å². The summed E-state index contributed by atoms with van der Waals surface area (Å²) in [6, 6.07) is 2.95. The molecule has 0 radical (unpaired) electrons. The third-order valence-electron chi connectivity index (χ3n) is 5.61. The van der Waals surface area contributed by atoms with E-state index in [1.54, 1.807) is 0 Å². The van der Waals surface area contributed by atoms with Crippen LogP contribution in [-0.4, -0.2) is 8.07 Å². The second-order valence-electron chi connectivity index (χ2n) is 8.79. The first-order valence-electron chi connectivity index (χ1n) is 8.61. The van der Waals surface area contributed by atoms with Crippen LogP contribution in [0.15, 0.2) is 20.6 Å². The molecule has 2 aliphatic rings. The summed E-state index contributed by atoms with van der Waals surface area (Å²) < 4.78 is 1.92. The molecule has 1 unspecified atom stereocenters. The van der Waals surface area contributed by atoms with Gasteiger partial charge in [-0.25, -0.2) is 0 Å². The van der Waals surface area contributed by atoms with Crippen molar-refractivity contribution >= 4 is 8.07 Å². The SMILES string of the molecule is CC[Si](C)(C)CC1C(C)=[C]([Ti]([CH3])([CH3])[CH3])C2=C1CCCC2. The van der Waals surface area contributed by atoms with Crippen LogP contribution >= 0.6 is 0 Å². The first-order valence-corrected chi connectivity index (χ1v) is 17.5. The van der Waals surface area contributed by atoms with E-state index in [1.165, 1.54) is 37.8 Å². The van der Waals surface area contributed by atoms with Gasteiger partial charge in [-0.1, -0.05) is 0 Å². The van der Waals surface area contributed by atoms with Crippen LogP contribution in [0.5, 0.6) is 0 Å². The normalized spacial score (nSPS) is 24.4. The number of hydrogen-bond acceptors (Lipinski definition) is 0. The van der Waals surface area contributed by atoms with Gasteiger partial charge in [0.1, 0.15) is 0 Å². The van der Waals surface area contributed by atoms with Gasteiger partial charge in [0.15, 0.2) is 0 Å². The van der Waals surface area contributed by atoms with E-state index < -0.39 is 24.7 Å². The van der Waals surface area contributed by atoms with Crippen molar-refractivity contribution in [3.05, 3.63) is 20.6 Å². The molecule has 1 atom stereocenters. The summed E-state index contributed by atoms with van der Waals surface area (Å²) in [5.74, 6) is 0.853. The number of rotatable bonds is 4. The van der Waals surface area contributed by atoms with Gasteiger partial charge in [-0.05, 0) is 0 Å².